The maximum atomic E-state index is 12.7. The molecule has 4 heteroatoms. The van der Waals surface area contributed by atoms with Crippen LogP contribution in [-0.2, 0) is 6.42 Å². The first-order valence-corrected chi connectivity index (χ1v) is 9.51. The highest BCUT2D eigenvalue weighted by Gasteiger charge is 2.25. The Morgan fingerprint density at radius 2 is 1.83 bits per heavy atom. The van der Waals surface area contributed by atoms with Crippen LogP contribution in [0.25, 0.3) is 0 Å². The van der Waals surface area contributed by atoms with E-state index in [0.717, 1.165) is 44.1 Å². The van der Waals surface area contributed by atoms with Crippen molar-refractivity contribution in [1.29, 1.82) is 0 Å². The van der Waals surface area contributed by atoms with Gasteiger partial charge in [-0.25, -0.2) is 0 Å². The highest BCUT2D eigenvalue weighted by Crippen LogP contribution is 2.25. The minimum Gasteiger partial charge on any atom is -0.507 e. The fourth-order valence-corrected chi connectivity index (χ4v) is 4.01. The molecule has 1 aromatic rings. The van der Waals surface area contributed by atoms with Crippen LogP contribution in [0.3, 0.4) is 0 Å². The van der Waals surface area contributed by atoms with Crippen LogP contribution in [0.15, 0.2) is 18.2 Å². The Hall–Kier alpha value is -1.55. The van der Waals surface area contributed by atoms with E-state index in [-0.39, 0.29) is 11.7 Å². The molecule has 0 atom stereocenters. The standard InChI is InChI=1S/C20H30N2O2/c1-2-16-8-9-19(23)18(14-16)20(24)22-12-10-21(11-13-22)15-17-6-4-3-5-7-17/h8-9,14,17,23H,2-7,10-13,15H2,1H3. The van der Waals surface area contributed by atoms with Gasteiger partial charge in [-0.15, -0.1) is 0 Å². The lowest BCUT2D eigenvalue weighted by atomic mass is 9.89. The Morgan fingerprint density at radius 1 is 1.12 bits per heavy atom. The Kier molecular flexibility index (Phi) is 5.77. The molecule has 0 radical (unpaired) electrons. The highest BCUT2D eigenvalue weighted by atomic mass is 16.3. The molecule has 3 rings (SSSR count). The van der Waals surface area contributed by atoms with Crippen LogP contribution in [0.4, 0.5) is 0 Å². The fourth-order valence-electron chi connectivity index (χ4n) is 4.01. The second kappa shape index (κ2) is 8.02. The summed E-state index contributed by atoms with van der Waals surface area (Å²) in [6, 6.07) is 5.37. The molecule has 0 spiro atoms. The van der Waals surface area contributed by atoms with Gasteiger partial charge in [-0.3, -0.25) is 9.69 Å². The van der Waals surface area contributed by atoms with Crippen LogP contribution < -0.4 is 0 Å². The van der Waals surface area contributed by atoms with Crippen LogP contribution >= 0.6 is 0 Å². The molecule has 1 saturated carbocycles. The van der Waals surface area contributed by atoms with Gasteiger partial charge in [-0.2, -0.15) is 0 Å². The van der Waals surface area contributed by atoms with E-state index in [1.165, 1.54) is 38.6 Å². The van der Waals surface area contributed by atoms with Crippen LogP contribution in [0.1, 0.15) is 54.9 Å². The van der Waals surface area contributed by atoms with Gasteiger partial charge in [0.25, 0.3) is 5.91 Å². The van der Waals surface area contributed by atoms with Gasteiger partial charge in [0.1, 0.15) is 5.75 Å². The van der Waals surface area contributed by atoms with Crippen molar-refractivity contribution in [1.82, 2.24) is 9.80 Å². The van der Waals surface area contributed by atoms with E-state index < -0.39 is 0 Å². The average Bonchev–Trinajstić information content (AvgIpc) is 2.63. The van der Waals surface area contributed by atoms with Gasteiger partial charge in [-0.05, 0) is 42.9 Å². The highest BCUT2D eigenvalue weighted by molar-refractivity contribution is 5.97. The molecule has 1 heterocycles. The van der Waals surface area contributed by atoms with E-state index >= 15 is 0 Å². The van der Waals surface area contributed by atoms with Crippen molar-refractivity contribution in [3.05, 3.63) is 29.3 Å². The van der Waals surface area contributed by atoms with Crippen molar-refractivity contribution in [2.24, 2.45) is 5.92 Å². The summed E-state index contributed by atoms with van der Waals surface area (Å²) in [6.07, 6.45) is 7.79. The third-order valence-corrected chi connectivity index (χ3v) is 5.60. The van der Waals surface area contributed by atoms with E-state index in [9.17, 15) is 9.90 Å². The van der Waals surface area contributed by atoms with Crippen molar-refractivity contribution in [2.75, 3.05) is 32.7 Å². The van der Waals surface area contributed by atoms with Crippen molar-refractivity contribution < 1.29 is 9.90 Å². The third-order valence-electron chi connectivity index (χ3n) is 5.60. The number of carbonyl (C=O) groups is 1. The van der Waals surface area contributed by atoms with Gasteiger partial charge < -0.3 is 10.0 Å². The monoisotopic (exact) mass is 330 g/mol. The Morgan fingerprint density at radius 3 is 2.50 bits per heavy atom. The summed E-state index contributed by atoms with van der Waals surface area (Å²) in [4.78, 5) is 17.1. The molecule has 0 unspecified atom stereocenters. The van der Waals surface area contributed by atoms with Gasteiger partial charge in [0.05, 0.1) is 5.56 Å². The quantitative estimate of drug-likeness (QED) is 0.921. The van der Waals surface area contributed by atoms with Crippen molar-refractivity contribution in [2.45, 2.75) is 45.4 Å². The molecule has 1 amide bonds. The summed E-state index contributed by atoms with van der Waals surface area (Å²) >= 11 is 0. The number of benzene rings is 1. The third kappa shape index (κ3) is 4.10. The molecular formula is C20H30N2O2. The first-order valence-electron chi connectivity index (χ1n) is 9.51. The Bertz CT molecular complexity index is 559. The molecule has 1 aliphatic carbocycles. The SMILES string of the molecule is CCc1ccc(O)c(C(=O)N2CCN(CC3CCCCC3)CC2)c1. The fraction of sp³-hybridized carbons (Fsp3) is 0.650. The topological polar surface area (TPSA) is 43.8 Å². The molecule has 0 bridgehead atoms. The molecular weight excluding hydrogens is 300 g/mol. The maximum absolute atomic E-state index is 12.7. The van der Waals surface area contributed by atoms with Crippen LogP contribution in [-0.4, -0.2) is 53.5 Å². The number of phenols is 1. The molecule has 24 heavy (non-hydrogen) atoms. The molecule has 1 aromatic carbocycles. The van der Waals surface area contributed by atoms with Crippen molar-refractivity contribution in [3.63, 3.8) is 0 Å². The normalized spacial score (nSPS) is 20.3. The summed E-state index contributed by atoms with van der Waals surface area (Å²) in [5.41, 5.74) is 1.54. The minimum absolute atomic E-state index is 0.0277. The number of aryl methyl sites for hydroxylation is 1. The number of hydrogen-bond donors (Lipinski definition) is 1. The number of aromatic hydroxyl groups is 1. The van der Waals surface area contributed by atoms with Crippen LogP contribution in [0.2, 0.25) is 0 Å². The van der Waals surface area contributed by atoms with Gasteiger partial charge in [0.2, 0.25) is 0 Å². The first-order chi connectivity index (χ1) is 11.7. The average molecular weight is 330 g/mol. The summed E-state index contributed by atoms with van der Waals surface area (Å²) < 4.78 is 0. The molecule has 132 valence electrons. The molecule has 4 nitrogen and oxygen atoms in total. The smallest absolute Gasteiger partial charge is 0.257 e. The number of phenolic OH excluding ortho intramolecular Hbond substituents is 1. The number of amides is 1. The predicted molar refractivity (Wildman–Crippen MR) is 96.4 cm³/mol. The Balaban J connectivity index is 1.55. The summed E-state index contributed by atoms with van der Waals surface area (Å²) in [5.74, 6) is 0.924. The summed E-state index contributed by atoms with van der Waals surface area (Å²) in [7, 11) is 0. The second-order valence-electron chi connectivity index (χ2n) is 7.30. The molecule has 0 aromatic heterocycles. The van der Waals surface area contributed by atoms with Gasteiger partial charge >= 0.3 is 0 Å². The van der Waals surface area contributed by atoms with E-state index in [0.29, 0.717) is 5.56 Å². The first kappa shape index (κ1) is 17.3. The van der Waals surface area contributed by atoms with Gasteiger partial charge in [0, 0.05) is 32.7 Å². The zero-order chi connectivity index (χ0) is 16.9. The van der Waals surface area contributed by atoms with E-state index in [4.69, 9.17) is 0 Å². The number of hydrogen-bond acceptors (Lipinski definition) is 3. The van der Waals surface area contributed by atoms with Crippen LogP contribution in [0, 0.1) is 5.92 Å². The number of carbonyl (C=O) groups excluding carboxylic acids is 1. The lowest BCUT2D eigenvalue weighted by molar-refractivity contribution is 0.0603. The Labute approximate surface area is 145 Å². The summed E-state index contributed by atoms with van der Waals surface area (Å²) in [6.45, 7) is 6.69. The number of piperazine rings is 1. The van der Waals surface area contributed by atoms with Crippen molar-refractivity contribution in [3.8, 4) is 5.75 Å². The van der Waals surface area contributed by atoms with Crippen molar-refractivity contribution >= 4 is 5.91 Å². The molecule has 2 fully saturated rings. The van der Waals surface area contributed by atoms with E-state index in [1.54, 1.807) is 6.07 Å². The predicted octanol–water partition coefficient (Wildman–Crippen LogP) is 3.29. The largest absolute Gasteiger partial charge is 0.507 e. The molecule has 1 saturated heterocycles. The molecule has 2 aliphatic rings. The lowest BCUT2D eigenvalue weighted by Gasteiger charge is -2.37. The van der Waals surface area contributed by atoms with Gasteiger partial charge in [-0.1, -0.05) is 32.3 Å². The molecule has 1 N–H and O–H groups in total. The van der Waals surface area contributed by atoms with Crippen LogP contribution in [0.5, 0.6) is 5.75 Å². The zero-order valence-corrected chi connectivity index (χ0v) is 14.8. The van der Waals surface area contributed by atoms with Gasteiger partial charge in [0.15, 0.2) is 0 Å². The zero-order valence-electron chi connectivity index (χ0n) is 14.8. The maximum Gasteiger partial charge on any atom is 0.257 e. The van der Waals surface area contributed by atoms with E-state index in [1.807, 2.05) is 17.0 Å². The number of rotatable bonds is 4. The second-order valence-corrected chi connectivity index (χ2v) is 7.30. The minimum atomic E-state index is -0.0277. The van der Waals surface area contributed by atoms with E-state index in [2.05, 4.69) is 11.8 Å². The lowest BCUT2D eigenvalue weighted by Crippen LogP contribution is -2.49. The number of nitrogens with zero attached hydrogens (tertiary/aromatic N) is 2. The summed E-state index contributed by atoms with van der Waals surface area (Å²) in [5, 5.41) is 10.0. The molecule has 1 aliphatic heterocycles.